The first kappa shape index (κ1) is 14.5. The molecule has 78 valence electrons. The Labute approximate surface area is 109 Å². The smallest absolute Gasteiger partial charge is 0.00399 e. The molecule has 0 nitrogen and oxygen atoms in total. The van der Waals surface area contributed by atoms with Gasteiger partial charge in [0.1, 0.15) is 0 Å². The van der Waals surface area contributed by atoms with Gasteiger partial charge in [-0.3, -0.25) is 0 Å². The molecule has 2 rings (SSSR count). The van der Waals surface area contributed by atoms with Crippen LogP contribution in [0.25, 0.3) is 0 Å². The fourth-order valence-electron chi connectivity index (χ4n) is 0.856. The van der Waals surface area contributed by atoms with E-state index in [9.17, 15) is 0 Å². The van der Waals surface area contributed by atoms with Crippen molar-refractivity contribution < 1.29 is 0 Å². The molecule has 0 bridgehead atoms. The van der Waals surface area contributed by atoms with E-state index in [1.165, 1.54) is 0 Å². The Kier molecular flexibility index (Phi) is 8.47. The number of thiol groups is 2. The molecule has 15 heavy (non-hydrogen) atoms. The van der Waals surface area contributed by atoms with Crippen LogP contribution in [0.15, 0.2) is 70.5 Å². The van der Waals surface area contributed by atoms with Gasteiger partial charge in [-0.1, -0.05) is 36.4 Å². The Morgan fingerprint density at radius 2 is 0.800 bits per heavy atom. The van der Waals surface area contributed by atoms with Crippen molar-refractivity contribution in [1.82, 2.24) is 0 Å². The third-order valence-electron chi connectivity index (χ3n) is 1.51. The molecule has 0 saturated heterocycles. The molecule has 0 atom stereocenters. The number of benzene rings is 2. The van der Waals surface area contributed by atoms with E-state index in [-0.39, 0.29) is 13.5 Å². The first-order valence-electron chi connectivity index (χ1n) is 4.27. The molecule has 0 spiro atoms. The van der Waals surface area contributed by atoms with E-state index >= 15 is 0 Å². The zero-order valence-electron chi connectivity index (χ0n) is 8.08. The number of hydrogen-bond acceptors (Lipinski definition) is 2. The molecule has 2 aromatic rings. The molecule has 0 aliphatic rings. The molecule has 0 heterocycles. The Morgan fingerprint density at radius 1 is 0.533 bits per heavy atom. The summed E-state index contributed by atoms with van der Waals surface area (Å²) >= 11 is 8.17. The van der Waals surface area contributed by atoms with Crippen molar-refractivity contribution in [2.45, 2.75) is 9.79 Å². The van der Waals surface area contributed by atoms with Gasteiger partial charge < -0.3 is 0 Å². The highest BCUT2D eigenvalue weighted by atomic mass is 32.1. The molecule has 2 radical (unpaired) electrons. The highest BCUT2D eigenvalue weighted by molar-refractivity contribution is 7.80. The second-order valence-corrected chi connectivity index (χ2v) is 3.70. The quantitative estimate of drug-likeness (QED) is 0.629. The minimum atomic E-state index is 0. The molecule has 0 aromatic heterocycles. The topological polar surface area (TPSA) is 0 Å². The summed E-state index contributed by atoms with van der Waals surface area (Å²) in [4.78, 5) is 2.03. The predicted molar refractivity (Wildman–Crippen MR) is 75.0 cm³/mol. The summed E-state index contributed by atoms with van der Waals surface area (Å²) in [7, 11) is 0. The van der Waals surface area contributed by atoms with Crippen molar-refractivity contribution >= 4 is 38.8 Å². The highest BCUT2D eigenvalue weighted by Gasteiger charge is 1.73. The van der Waals surface area contributed by atoms with E-state index in [4.69, 9.17) is 0 Å². The van der Waals surface area contributed by atoms with Gasteiger partial charge in [0.15, 0.2) is 0 Å². The van der Waals surface area contributed by atoms with Crippen LogP contribution >= 0.6 is 38.8 Å². The van der Waals surface area contributed by atoms with Crippen molar-refractivity contribution in [2.24, 2.45) is 0 Å². The van der Waals surface area contributed by atoms with Crippen LogP contribution < -0.4 is 0 Å². The van der Waals surface area contributed by atoms with Gasteiger partial charge >= 0.3 is 0 Å². The van der Waals surface area contributed by atoms with Crippen molar-refractivity contribution in [3.8, 4) is 0 Å². The van der Waals surface area contributed by atoms with E-state index in [2.05, 4.69) is 25.3 Å². The van der Waals surface area contributed by atoms with Gasteiger partial charge in [-0.15, -0.1) is 25.3 Å². The molecule has 0 aliphatic carbocycles. The van der Waals surface area contributed by atoms with Gasteiger partial charge in [-0.25, -0.2) is 0 Å². The van der Waals surface area contributed by atoms with Crippen LogP contribution in [0.3, 0.4) is 0 Å². The summed E-state index contributed by atoms with van der Waals surface area (Å²) in [6.45, 7) is 0. The maximum atomic E-state index is 4.08. The lowest BCUT2D eigenvalue weighted by atomic mass is 10.4. The maximum Gasteiger partial charge on any atom is 0.00399 e. The SMILES string of the molecule is Sc1ccccc1.Sc1ccccc1.[S]. The molecular formula is C12H12S3. The first-order valence-corrected chi connectivity index (χ1v) is 5.16. The molecular weight excluding hydrogens is 240 g/mol. The van der Waals surface area contributed by atoms with E-state index in [1.807, 2.05) is 60.7 Å². The van der Waals surface area contributed by atoms with Gasteiger partial charge in [-0.05, 0) is 24.3 Å². The first-order chi connectivity index (χ1) is 6.79. The minimum Gasteiger partial charge on any atom is -0.143 e. The number of hydrogen-bond donors (Lipinski definition) is 2. The van der Waals surface area contributed by atoms with Crippen molar-refractivity contribution in [3.63, 3.8) is 0 Å². The standard InChI is InChI=1S/2C6H6S.S/c2*7-6-4-2-1-3-5-6;/h2*1-5,7H;. The molecule has 0 amide bonds. The van der Waals surface area contributed by atoms with Crippen LogP contribution in [-0.4, -0.2) is 0 Å². The average Bonchev–Trinajstić information content (AvgIpc) is 2.21. The molecule has 3 heteroatoms. The van der Waals surface area contributed by atoms with Crippen LogP contribution in [0.5, 0.6) is 0 Å². The number of rotatable bonds is 0. The Hall–Kier alpha value is -0.510. The third kappa shape index (κ3) is 7.42. The molecule has 2 aromatic carbocycles. The third-order valence-corrected chi connectivity index (χ3v) is 2.11. The maximum absolute atomic E-state index is 4.08. The second-order valence-electron chi connectivity index (χ2n) is 2.67. The van der Waals surface area contributed by atoms with Gasteiger partial charge in [0.25, 0.3) is 0 Å². The van der Waals surface area contributed by atoms with E-state index in [0.717, 1.165) is 9.79 Å². The second kappa shape index (κ2) is 8.77. The zero-order valence-corrected chi connectivity index (χ0v) is 10.7. The van der Waals surface area contributed by atoms with Gasteiger partial charge in [0, 0.05) is 23.3 Å². The summed E-state index contributed by atoms with van der Waals surface area (Å²) < 4.78 is 0. The monoisotopic (exact) mass is 252 g/mol. The summed E-state index contributed by atoms with van der Waals surface area (Å²) in [5.74, 6) is 0. The van der Waals surface area contributed by atoms with Crippen molar-refractivity contribution in [3.05, 3.63) is 60.7 Å². The van der Waals surface area contributed by atoms with E-state index in [0.29, 0.717) is 0 Å². The van der Waals surface area contributed by atoms with Crippen LogP contribution in [0.2, 0.25) is 0 Å². The highest BCUT2D eigenvalue weighted by Crippen LogP contribution is 2.01. The molecule has 0 N–H and O–H groups in total. The van der Waals surface area contributed by atoms with Crippen molar-refractivity contribution in [1.29, 1.82) is 0 Å². The van der Waals surface area contributed by atoms with E-state index < -0.39 is 0 Å². The summed E-state index contributed by atoms with van der Waals surface area (Å²) in [5.41, 5.74) is 0. The Bertz CT molecular complexity index is 308. The largest absolute Gasteiger partial charge is 0.143 e. The Morgan fingerprint density at radius 3 is 0.933 bits per heavy atom. The van der Waals surface area contributed by atoms with Gasteiger partial charge in [0.05, 0.1) is 0 Å². The van der Waals surface area contributed by atoms with Crippen LogP contribution in [0.4, 0.5) is 0 Å². The molecule has 0 aliphatic heterocycles. The molecule has 0 saturated carbocycles. The Balaban J connectivity index is 0.000000245. The van der Waals surface area contributed by atoms with Crippen molar-refractivity contribution in [2.75, 3.05) is 0 Å². The molecule has 0 unspecified atom stereocenters. The van der Waals surface area contributed by atoms with Gasteiger partial charge in [-0.2, -0.15) is 0 Å². The fraction of sp³-hybridized carbons (Fsp3) is 0. The lowest BCUT2D eigenvalue weighted by Gasteiger charge is -1.81. The predicted octanol–water partition coefficient (Wildman–Crippen LogP) is 4.60. The lowest BCUT2D eigenvalue weighted by molar-refractivity contribution is 1.48. The van der Waals surface area contributed by atoms with Crippen LogP contribution in [0, 0.1) is 0 Å². The average molecular weight is 252 g/mol. The fourth-order valence-corrected chi connectivity index (χ4v) is 1.20. The zero-order chi connectivity index (χ0) is 10.2. The summed E-state index contributed by atoms with van der Waals surface area (Å²) in [6.07, 6.45) is 0. The van der Waals surface area contributed by atoms with Crippen LogP contribution in [0.1, 0.15) is 0 Å². The van der Waals surface area contributed by atoms with Crippen LogP contribution in [-0.2, 0) is 0 Å². The summed E-state index contributed by atoms with van der Waals surface area (Å²) in [6, 6.07) is 19.6. The molecule has 0 fully saturated rings. The van der Waals surface area contributed by atoms with E-state index in [1.54, 1.807) is 0 Å². The lowest BCUT2D eigenvalue weighted by Crippen LogP contribution is -1.56. The minimum absolute atomic E-state index is 0. The summed E-state index contributed by atoms with van der Waals surface area (Å²) in [5, 5.41) is 0. The normalized spacial score (nSPS) is 8.13. The van der Waals surface area contributed by atoms with Gasteiger partial charge in [0.2, 0.25) is 0 Å².